The molecule has 0 aromatic heterocycles. The molecule has 2 aromatic rings. The van der Waals surface area contributed by atoms with Crippen molar-refractivity contribution in [2.45, 2.75) is 46.3 Å². The van der Waals surface area contributed by atoms with Crippen molar-refractivity contribution in [1.82, 2.24) is 0 Å². The van der Waals surface area contributed by atoms with E-state index in [1.54, 1.807) is 36.4 Å². The molecule has 0 amide bonds. The zero-order valence-corrected chi connectivity index (χ0v) is 18.9. The fraction of sp³-hybridized carbons (Fsp3) is 0.296. The molecule has 0 atom stereocenters. The van der Waals surface area contributed by atoms with Crippen LogP contribution in [-0.2, 0) is 6.42 Å². The Morgan fingerprint density at radius 1 is 0.935 bits per heavy atom. The third-order valence-electron chi connectivity index (χ3n) is 4.22. The molecule has 0 saturated carbocycles. The highest BCUT2D eigenvalue weighted by molar-refractivity contribution is 6.07. The van der Waals surface area contributed by atoms with E-state index in [4.69, 9.17) is 14.2 Å². The van der Waals surface area contributed by atoms with Gasteiger partial charge in [-0.1, -0.05) is 24.8 Å². The molecule has 0 spiro atoms. The van der Waals surface area contributed by atoms with Crippen LogP contribution in [0.2, 0.25) is 0 Å². The van der Waals surface area contributed by atoms with Gasteiger partial charge in [-0.25, -0.2) is 0 Å². The van der Waals surface area contributed by atoms with Gasteiger partial charge >= 0.3 is 0 Å². The molecule has 2 rings (SSSR count). The van der Waals surface area contributed by atoms with Gasteiger partial charge in [-0.05, 0) is 76.1 Å². The van der Waals surface area contributed by atoms with Gasteiger partial charge in [0.25, 0.3) is 0 Å². The summed E-state index contributed by atoms with van der Waals surface area (Å²) in [6.07, 6.45) is 7.54. The number of hydrogen-bond acceptors (Lipinski definition) is 4. The molecule has 4 nitrogen and oxygen atoms in total. The van der Waals surface area contributed by atoms with Crippen molar-refractivity contribution in [2.24, 2.45) is 0 Å². The van der Waals surface area contributed by atoms with E-state index in [2.05, 4.69) is 13.2 Å². The van der Waals surface area contributed by atoms with Crippen LogP contribution in [0.3, 0.4) is 0 Å². The van der Waals surface area contributed by atoms with E-state index in [-0.39, 0.29) is 18.0 Å². The number of rotatable bonds is 12. The van der Waals surface area contributed by atoms with E-state index in [1.807, 2.05) is 52.0 Å². The highest BCUT2D eigenvalue weighted by Gasteiger charge is 2.13. The molecule has 0 radical (unpaired) electrons. The summed E-state index contributed by atoms with van der Waals surface area (Å²) in [6.45, 7) is 15.8. The van der Waals surface area contributed by atoms with E-state index >= 15 is 0 Å². The monoisotopic (exact) mass is 420 g/mol. The Labute approximate surface area is 185 Å². The summed E-state index contributed by atoms with van der Waals surface area (Å²) in [5.74, 6) is 2.04. The van der Waals surface area contributed by atoms with Crippen LogP contribution in [-0.4, -0.2) is 24.6 Å². The second kappa shape index (κ2) is 11.8. The van der Waals surface area contributed by atoms with Gasteiger partial charge in [0.05, 0.1) is 12.2 Å². The van der Waals surface area contributed by atoms with Gasteiger partial charge < -0.3 is 14.2 Å². The van der Waals surface area contributed by atoms with Gasteiger partial charge in [0.2, 0.25) is 0 Å². The number of allylic oxidation sites excluding steroid dienone is 2. The van der Waals surface area contributed by atoms with E-state index < -0.39 is 0 Å². The highest BCUT2D eigenvalue weighted by atomic mass is 16.5. The first kappa shape index (κ1) is 24.0. The van der Waals surface area contributed by atoms with Crippen LogP contribution in [0.1, 0.15) is 49.2 Å². The number of ketones is 1. The van der Waals surface area contributed by atoms with Crippen molar-refractivity contribution in [2.75, 3.05) is 6.61 Å². The van der Waals surface area contributed by atoms with Gasteiger partial charge in [-0.2, -0.15) is 0 Å². The average molecular weight is 421 g/mol. The second-order valence-corrected chi connectivity index (χ2v) is 7.64. The van der Waals surface area contributed by atoms with Crippen LogP contribution >= 0.6 is 0 Å². The Balaban J connectivity index is 2.35. The Morgan fingerprint density at radius 2 is 1.61 bits per heavy atom. The predicted octanol–water partition coefficient (Wildman–Crippen LogP) is 6.45. The number of benzene rings is 2. The zero-order chi connectivity index (χ0) is 22.8. The van der Waals surface area contributed by atoms with Crippen LogP contribution in [0, 0.1) is 0 Å². The lowest BCUT2D eigenvalue weighted by Gasteiger charge is -2.19. The molecule has 31 heavy (non-hydrogen) atoms. The summed E-state index contributed by atoms with van der Waals surface area (Å²) in [7, 11) is 0. The Kier molecular flexibility index (Phi) is 9.13. The standard InChI is InChI=1S/C27H32O4/c1-7-9-25-22(17-24(30-19(3)4)18-27(25)31-20(5)6)12-15-26(28)21-10-13-23(14-11-21)29-16-8-2/h7-8,10-15,17-20H,1-2,9,16H2,3-6H3/b15-12+. The summed E-state index contributed by atoms with van der Waals surface area (Å²) >= 11 is 0. The molecule has 0 aliphatic heterocycles. The zero-order valence-electron chi connectivity index (χ0n) is 18.9. The summed E-state index contributed by atoms with van der Waals surface area (Å²) in [4.78, 5) is 12.7. The second-order valence-electron chi connectivity index (χ2n) is 7.64. The summed E-state index contributed by atoms with van der Waals surface area (Å²) in [5, 5.41) is 0. The summed E-state index contributed by atoms with van der Waals surface area (Å²) < 4.78 is 17.4. The van der Waals surface area contributed by atoms with Gasteiger partial charge in [-0.15, -0.1) is 6.58 Å². The molecule has 0 heterocycles. The lowest BCUT2D eigenvalue weighted by molar-refractivity contribution is 0.104. The van der Waals surface area contributed by atoms with Gasteiger partial charge in [0.15, 0.2) is 5.78 Å². The fourth-order valence-electron chi connectivity index (χ4n) is 2.98. The van der Waals surface area contributed by atoms with E-state index in [1.165, 1.54) is 0 Å². The number of carbonyl (C=O) groups is 1. The van der Waals surface area contributed by atoms with Gasteiger partial charge in [-0.3, -0.25) is 4.79 Å². The van der Waals surface area contributed by atoms with Crippen molar-refractivity contribution in [3.63, 3.8) is 0 Å². The van der Waals surface area contributed by atoms with Crippen molar-refractivity contribution < 1.29 is 19.0 Å². The molecule has 0 bridgehead atoms. The lowest BCUT2D eigenvalue weighted by Crippen LogP contribution is -2.10. The molecular weight excluding hydrogens is 388 g/mol. The van der Waals surface area contributed by atoms with Crippen molar-refractivity contribution >= 4 is 11.9 Å². The first-order valence-corrected chi connectivity index (χ1v) is 10.5. The van der Waals surface area contributed by atoms with Crippen LogP contribution in [0.4, 0.5) is 0 Å². The molecular formula is C27H32O4. The quantitative estimate of drug-likeness (QED) is 0.225. The lowest BCUT2D eigenvalue weighted by atomic mass is 10.0. The highest BCUT2D eigenvalue weighted by Crippen LogP contribution is 2.32. The van der Waals surface area contributed by atoms with Crippen LogP contribution in [0.25, 0.3) is 6.08 Å². The maximum Gasteiger partial charge on any atom is 0.185 e. The molecule has 0 fully saturated rings. The number of carbonyl (C=O) groups excluding carboxylic acids is 1. The summed E-state index contributed by atoms with van der Waals surface area (Å²) in [6, 6.07) is 10.9. The van der Waals surface area contributed by atoms with E-state index in [9.17, 15) is 4.79 Å². The third-order valence-corrected chi connectivity index (χ3v) is 4.22. The minimum Gasteiger partial charge on any atom is -0.491 e. The Morgan fingerprint density at radius 3 is 2.19 bits per heavy atom. The normalized spacial score (nSPS) is 11.0. The molecule has 2 aromatic carbocycles. The summed E-state index contributed by atoms with van der Waals surface area (Å²) in [5.41, 5.74) is 2.42. The topological polar surface area (TPSA) is 44.8 Å². The molecule has 0 aliphatic rings. The largest absolute Gasteiger partial charge is 0.491 e. The van der Waals surface area contributed by atoms with E-state index in [0.717, 1.165) is 16.9 Å². The van der Waals surface area contributed by atoms with Crippen LogP contribution < -0.4 is 14.2 Å². The molecule has 0 unspecified atom stereocenters. The fourth-order valence-corrected chi connectivity index (χ4v) is 2.98. The van der Waals surface area contributed by atoms with Crippen molar-refractivity contribution in [1.29, 1.82) is 0 Å². The van der Waals surface area contributed by atoms with Crippen molar-refractivity contribution in [3.05, 3.63) is 84.5 Å². The van der Waals surface area contributed by atoms with Gasteiger partial charge in [0.1, 0.15) is 23.9 Å². The van der Waals surface area contributed by atoms with Crippen LogP contribution in [0.5, 0.6) is 17.2 Å². The SMILES string of the molecule is C=CCOc1ccc(C(=O)/C=C/c2cc(OC(C)C)cc(OC(C)C)c2CC=C)cc1. The Hall–Kier alpha value is -3.27. The number of hydrogen-bond donors (Lipinski definition) is 0. The number of ether oxygens (including phenoxy) is 3. The molecule has 0 aliphatic carbocycles. The molecule has 4 heteroatoms. The van der Waals surface area contributed by atoms with E-state index in [0.29, 0.717) is 30.1 Å². The first-order chi connectivity index (χ1) is 14.8. The minimum atomic E-state index is -0.0960. The van der Waals surface area contributed by atoms with Gasteiger partial charge in [0, 0.05) is 17.2 Å². The molecule has 0 N–H and O–H groups in total. The average Bonchev–Trinajstić information content (AvgIpc) is 2.72. The third kappa shape index (κ3) is 7.49. The predicted molar refractivity (Wildman–Crippen MR) is 127 cm³/mol. The van der Waals surface area contributed by atoms with Crippen molar-refractivity contribution in [3.8, 4) is 17.2 Å². The smallest absolute Gasteiger partial charge is 0.185 e. The Bertz CT molecular complexity index is 921. The molecule has 164 valence electrons. The minimum absolute atomic E-state index is 0.0122. The van der Waals surface area contributed by atoms with Crippen LogP contribution in [0.15, 0.2) is 67.8 Å². The molecule has 0 saturated heterocycles. The first-order valence-electron chi connectivity index (χ1n) is 10.5. The maximum absolute atomic E-state index is 12.7. The maximum atomic E-state index is 12.7.